The van der Waals surface area contributed by atoms with Gasteiger partial charge in [0, 0.05) is 49.7 Å². The Morgan fingerprint density at radius 1 is 1.33 bits per heavy atom. The number of amides is 1. The van der Waals surface area contributed by atoms with E-state index in [2.05, 4.69) is 20.4 Å². The molecule has 128 valence electrons. The van der Waals surface area contributed by atoms with Gasteiger partial charge in [0.05, 0.1) is 14.2 Å². The summed E-state index contributed by atoms with van der Waals surface area (Å²) in [4.78, 5) is 14.2. The van der Waals surface area contributed by atoms with Crippen LogP contribution in [0.2, 0.25) is 0 Å². The van der Waals surface area contributed by atoms with Gasteiger partial charge in [0.25, 0.3) is 5.91 Å². The normalized spacial score (nSPS) is 16.9. The summed E-state index contributed by atoms with van der Waals surface area (Å²) in [6, 6.07) is 7.54. The number of hydrogen-bond donors (Lipinski definition) is 2. The summed E-state index contributed by atoms with van der Waals surface area (Å²) >= 11 is 0. The standard InChI is InChI=1S/C17H22N4O3/c1-23-14-7-13(8-15(9-14)24-2)21-6-4-12(11-21)10-18-17(22)16-3-5-19-20-16/h3,5,7-9,12H,4,6,10-11H2,1-2H3,(H,18,22)(H,19,20). The van der Waals surface area contributed by atoms with Crippen molar-refractivity contribution in [2.75, 3.05) is 38.8 Å². The van der Waals surface area contributed by atoms with Crippen LogP contribution in [0.3, 0.4) is 0 Å². The minimum Gasteiger partial charge on any atom is -0.497 e. The fourth-order valence-electron chi connectivity index (χ4n) is 2.92. The fraction of sp³-hybridized carbons (Fsp3) is 0.412. The van der Waals surface area contributed by atoms with Gasteiger partial charge in [-0.25, -0.2) is 0 Å². The second-order valence-corrected chi connectivity index (χ2v) is 5.85. The second-order valence-electron chi connectivity index (χ2n) is 5.85. The molecule has 0 radical (unpaired) electrons. The molecule has 3 rings (SSSR count). The van der Waals surface area contributed by atoms with Crippen molar-refractivity contribution in [3.05, 3.63) is 36.2 Å². The number of H-pyrrole nitrogens is 1. The Morgan fingerprint density at radius 3 is 2.71 bits per heavy atom. The van der Waals surface area contributed by atoms with Gasteiger partial charge in [-0.1, -0.05) is 0 Å². The number of ether oxygens (including phenoxy) is 2. The summed E-state index contributed by atoms with van der Waals surface area (Å²) in [6.07, 6.45) is 2.60. The summed E-state index contributed by atoms with van der Waals surface area (Å²) in [6.45, 7) is 2.48. The van der Waals surface area contributed by atoms with Gasteiger partial charge >= 0.3 is 0 Å². The second kappa shape index (κ2) is 7.25. The SMILES string of the molecule is COc1cc(OC)cc(N2CCC(CNC(=O)c3ccn[nH]3)C2)c1. The third-order valence-electron chi connectivity index (χ3n) is 4.28. The molecule has 2 N–H and O–H groups in total. The molecule has 0 spiro atoms. The maximum Gasteiger partial charge on any atom is 0.269 e. The van der Waals surface area contributed by atoms with Crippen molar-refractivity contribution in [3.63, 3.8) is 0 Å². The molecule has 0 aliphatic carbocycles. The number of anilines is 1. The zero-order chi connectivity index (χ0) is 16.9. The Balaban J connectivity index is 1.58. The van der Waals surface area contributed by atoms with E-state index in [1.807, 2.05) is 18.2 Å². The van der Waals surface area contributed by atoms with Gasteiger partial charge in [0.2, 0.25) is 0 Å². The molecule has 1 aromatic heterocycles. The molecule has 24 heavy (non-hydrogen) atoms. The van der Waals surface area contributed by atoms with E-state index in [1.54, 1.807) is 26.5 Å². The highest BCUT2D eigenvalue weighted by Gasteiger charge is 2.24. The first-order valence-electron chi connectivity index (χ1n) is 7.95. The third kappa shape index (κ3) is 3.61. The maximum atomic E-state index is 12.0. The van der Waals surface area contributed by atoms with Crippen molar-refractivity contribution >= 4 is 11.6 Å². The molecule has 1 atom stereocenters. The van der Waals surface area contributed by atoms with Gasteiger partial charge in [-0.15, -0.1) is 0 Å². The van der Waals surface area contributed by atoms with E-state index >= 15 is 0 Å². The van der Waals surface area contributed by atoms with E-state index in [1.165, 1.54) is 0 Å². The Labute approximate surface area is 140 Å². The Hall–Kier alpha value is -2.70. The lowest BCUT2D eigenvalue weighted by Crippen LogP contribution is -2.31. The van der Waals surface area contributed by atoms with Crippen LogP contribution >= 0.6 is 0 Å². The molecule has 1 aliphatic rings. The van der Waals surface area contributed by atoms with Gasteiger partial charge in [-0.3, -0.25) is 9.89 Å². The van der Waals surface area contributed by atoms with Gasteiger partial charge < -0.3 is 19.7 Å². The smallest absolute Gasteiger partial charge is 0.269 e. The first-order chi connectivity index (χ1) is 11.7. The molecule has 2 heterocycles. The summed E-state index contributed by atoms with van der Waals surface area (Å²) in [5.41, 5.74) is 1.57. The minimum atomic E-state index is -0.117. The number of benzene rings is 1. The van der Waals surface area contributed by atoms with Crippen LogP contribution < -0.4 is 19.7 Å². The molecule has 2 aromatic rings. The van der Waals surface area contributed by atoms with Crippen LogP contribution in [-0.4, -0.2) is 50.0 Å². The van der Waals surface area contributed by atoms with E-state index in [4.69, 9.17) is 9.47 Å². The number of nitrogens with zero attached hydrogens (tertiary/aromatic N) is 2. The summed E-state index contributed by atoms with van der Waals surface area (Å²) < 4.78 is 10.7. The van der Waals surface area contributed by atoms with E-state index in [0.29, 0.717) is 18.2 Å². The summed E-state index contributed by atoms with van der Waals surface area (Å²) in [7, 11) is 3.30. The molecule has 1 saturated heterocycles. The van der Waals surface area contributed by atoms with E-state index < -0.39 is 0 Å². The summed E-state index contributed by atoms with van der Waals surface area (Å²) in [5, 5.41) is 9.42. The van der Waals surface area contributed by atoms with Crippen molar-refractivity contribution < 1.29 is 14.3 Å². The van der Waals surface area contributed by atoms with Crippen molar-refractivity contribution in [2.24, 2.45) is 5.92 Å². The first kappa shape index (κ1) is 16.2. The highest BCUT2D eigenvalue weighted by Crippen LogP contribution is 2.31. The monoisotopic (exact) mass is 330 g/mol. The van der Waals surface area contributed by atoms with Gasteiger partial charge in [-0.05, 0) is 18.4 Å². The number of methoxy groups -OCH3 is 2. The van der Waals surface area contributed by atoms with Crippen LogP contribution in [0.4, 0.5) is 5.69 Å². The average molecular weight is 330 g/mol. The van der Waals surface area contributed by atoms with Crippen LogP contribution in [0.5, 0.6) is 11.5 Å². The topological polar surface area (TPSA) is 79.5 Å². The quantitative estimate of drug-likeness (QED) is 0.842. The Bertz CT molecular complexity index is 665. The average Bonchev–Trinajstić information content (AvgIpc) is 3.30. The maximum absolute atomic E-state index is 12.0. The first-order valence-corrected chi connectivity index (χ1v) is 7.95. The van der Waals surface area contributed by atoms with Crippen LogP contribution in [0.25, 0.3) is 0 Å². The number of nitrogens with one attached hydrogen (secondary N) is 2. The van der Waals surface area contributed by atoms with Crippen molar-refractivity contribution in [3.8, 4) is 11.5 Å². The van der Waals surface area contributed by atoms with Crippen LogP contribution in [0.1, 0.15) is 16.9 Å². The van der Waals surface area contributed by atoms with E-state index in [0.717, 1.165) is 36.7 Å². The molecule has 1 amide bonds. The lowest BCUT2D eigenvalue weighted by molar-refractivity contribution is 0.0943. The molecule has 1 aromatic carbocycles. The molecule has 1 fully saturated rings. The van der Waals surface area contributed by atoms with Crippen molar-refractivity contribution in [2.45, 2.75) is 6.42 Å². The largest absolute Gasteiger partial charge is 0.497 e. The fourth-order valence-corrected chi connectivity index (χ4v) is 2.92. The highest BCUT2D eigenvalue weighted by atomic mass is 16.5. The Kier molecular flexibility index (Phi) is 4.88. The molecule has 1 unspecified atom stereocenters. The highest BCUT2D eigenvalue weighted by molar-refractivity contribution is 5.92. The molecule has 7 nitrogen and oxygen atoms in total. The molecule has 0 saturated carbocycles. The molecule has 0 bridgehead atoms. The number of rotatable bonds is 6. The van der Waals surface area contributed by atoms with Gasteiger partial charge in [0.15, 0.2) is 0 Å². The Morgan fingerprint density at radius 2 is 2.08 bits per heavy atom. The predicted molar refractivity (Wildman–Crippen MR) is 90.8 cm³/mol. The number of aromatic amines is 1. The van der Waals surface area contributed by atoms with Gasteiger partial charge in [0.1, 0.15) is 17.2 Å². The summed E-state index contributed by atoms with van der Waals surface area (Å²) in [5.74, 6) is 1.85. The van der Waals surface area contributed by atoms with Gasteiger partial charge in [-0.2, -0.15) is 5.10 Å². The van der Waals surface area contributed by atoms with E-state index in [-0.39, 0.29) is 5.91 Å². The number of hydrogen-bond acceptors (Lipinski definition) is 5. The van der Waals surface area contributed by atoms with Crippen molar-refractivity contribution in [1.29, 1.82) is 0 Å². The molecule has 7 heteroatoms. The van der Waals surface area contributed by atoms with E-state index in [9.17, 15) is 4.79 Å². The third-order valence-corrected chi connectivity index (χ3v) is 4.28. The minimum absolute atomic E-state index is 0.117. The zero-order valence-electron chi connectivity index (χ0n) is 13.9. The van der Waals surface area contributed by atoms with Crippen LogP contribution in [-0.2, 0) is 0 Å². The van der Waals surface area contributed by atoms with Crippen LogP contribution in [0.15, 0.2) is 30.5 Å². The zero-order valence-corrected chi connectivity index (χ0v) is 13.9. The number of aromatic nitrogens is 2. The molecular weight excluding hydrogens is 308 g/mol. The molecule has 1 aliphatic heterocycles. The predicted octanol–water partition coefficient (Wildman–Crippen LogP) is 1.68. The number of carbonyl (C=O) groups excluding carboxylic acids is 1. The molecular formula is C17H22N4O3. The van der Waals surface area contributed by atoms with Crippen molar-refractivity contribution in [1.82, 2.24) is 15.5 Å². The lowest BCUT2D eigenvalue weighted by atomic mass is 10.1. The number of carbonyl (C=O) groups is 1. The lowest BCUT2D eigenvalue weighted by Gasteiger charge is -2.20. The van der Waals surface area contributed by atoms with Crippen LogP contribution in [0, 0.1) is 5.92 Å².